The molecule has 0 saturated carbocycles. The molecule has 7 heteroatoms. The van der Waals surface area contributed by atoms with Crippen LogP contribution in [0.2, 0.25) is 0 Å². The third-order valence-electron chi connectivity index (χ3n) is 4.09. The van der Waals surface area contributed by atoms with Gasteiger partial charge in [-0.15, -0.1) is 5.10 Å². The number of carbonyl (C=O) groups is 1. The monoisotopic (exact) mass is 370 g/mol. The molecule has 2 N–H and O–H groups in total. The van der Waals surface area contributed by atoms with E-state index in [-0.39, 0.29) is 12.5 Å². The fourth-order valence-electron chi connectivity index (χ4n) is 2.72. The number of rotatable bonds is 6. The number of hydrazone groups is 1. The molecule has 28 heavy (non-hydrogen) atoms. The van der Waals surface area contributed by atoms with Gasteiger partial charge in [0, 0.05) is 11.4 Å². The highest BCUT2D eigenvalue weighted by molar-refractivity contribution is 5.83. The summed E-state index contributed by atoms with van der Waals surface area (Å²) in [4.78, 5) is 12.1. The molecule has 0 unspecified atom stereocenters. The topological polar surface area (TPSA) is 84.2 Å². The largest absolute Gasteiger partial charge is 0.356 e. The van der Waals surface area contributed by atoms with Crippen LogP contribution in [0, 0.1) is 0 Å². The van der Waals surface area contributed by atoms with Gasteiger partial charge in [-0.2, -0.15) is 5.10 Å². The highest BCUT2D eigenvalue weighted by Crippen LogP contribution is 2.16. The molecule has 1 heterocycles. The van der Waals surface area contributed by atoms with Gasteiger partial charge in [0.2, 0.25) is 0 Å². The zero-order valence-electron chi connectivity index (χ0n) is 15.0. The first-order chi connectivity index (χ1) is 13.8. The smallest absolute Gasteiger partial charge is 0.261 e. The average molecular weight is 370 g/mol. The molecule has 7 nitrogen and oxygen atoms in total. The molecule has 1 amide bonds. The first-order valence-electron chi connectivity index (χ1n) is 8.80. The average Bonchev–Trinajstić information content (AvgIpc) is 3.13. The number of para-hydroxylation sites is 2. The fourth-order valence-corrected chi connectivity index (χ4v) is 2.72. The molecule has 3 aromatic carbocycles. The van der Waals surface area contributed by atoms with Crippen LogP contribution in [0.4, 0.5) is 11.4 Å². The van der Waals surface area contributed by atoms with E-state index in [1.54, 1.807) is 10.9 Å². The van der Waals surface area contributed by atoms with E-state index < -0.39 is 0 Å². The summed E-state index contributed by atoms with van der Waals surface area (Å²) >= 11 is 0. The van der Waals surface area contributed by atoms with E-state index in [1.807, 2.05) is 78.9 Å². The van der Waals surface area contributed by atoms with E-state index in [4.69, 9.17) is 0 Å². The number of hydrogen-bond acceptors (Lipinski definition) is 5. The first-order valence-corrected chi connectivity index (χ1v) is 8.80. The lowest BCUT2D eigenvalue weighted by molar-refractivity contribution is -0.121. The van der Waals surface area contributed by atoms with Gasteiger partial charge in [0.25, 0.3) is 5.91 Å². The van der Waals surface area contributed by atoms with Crippen molar-refractivity contribution < 1.29 is 4.79 Å². The summed E-state index contributed by atoms with van der Waals surface area (Å²) in [5, 5.41) is 15.3. The van der Waals surface area contributed by atoms with Gasteiger partial charge >= 0.3 is 0 Å². The summed E-state index contributed by atoms with van der Waals surface area (Å²) < 4.78 is 1.55. The minimum atomic E-state index is -0.269. The SMILES string of the molecule is O=C(Cn1nnc2ccccc21)N/N=C\c1ccc(Nc2ccccc2)cc1. The van der Waals surface area contributed by atoms with Crippen LogP contribution in [0.15, 0.2) is 84.0 Å². The number of nitrogens with one attached hydrogen (secondary N) is 2. The van der Waals surface area contributed by atoms with Gasteiger partial charge in [-0.1, -0.05) is 47.7 Å². The Hall–Kier alpha value is -4.00. The van der Waals surface area contributed by atoms with Gasteiger partial charge in [-0.25, -0.2) is 10.1 Å². The van der Waals surface area contributed by atoms with Gasteiger partial charge in [-0.3, -0.25) is 4.79 Å². The summed E-state index contributed by atoms with van der Waals surface area (Å²) in [6, 6.07) is 25.2. The fraction of sp³-hybridized carbons (Fsp3) is 0.0476. The molecular formula is C21H18N6O. The van der Waals surface area contributed by atoms with E-state index >= 15 is 0 Å². The summed E-state index contributed by atoms with van der Waals surface area (Å²) in [6.07, 6.45) is 1.60. The molecule has 1 aromatic heterocycles. The van der Waals surface area contributed by atoms with Crippen molar-refractivity contribution in [1.82, 2.24) is 20.4 Å². The predicted molar refractivity (Wildman–Crippen MR) is 109 cm³/mol. The number of nitrogens with zero attached hydrogens (tertiary/aromatic N) is 4. The molecule has 0 aliphatic rings. The Labute approximate surface area is 161 Å². The van der Waals surface area contributed by atoms with Crippen LogP contribution in [0.1, 0.15) is 5.56 Å². The number of carbonyl (C=O) groups excluding carboxylic acids is 1. The lowest BCUT2D eigenvalue weighted by atomic mass is 10.2. The van der Waals surface area contributed by atoms with Crippen molar-refractivity contribution >= 4 is 34.5 Å². The molecule has 0 saturated heterocycles. The summed E-state index contributed by atoms with van der Waals surface area (Å²) in [5.41, 5.74) is 6.96. The Bertz CT molecular complexity index is 1100. The number of aromatic nitrogens is 3. The van der Waals surface area contributed by atoms with Crippen molar-refractivity contribution in [2.45, 2.75) is 6.54 Å². The Balaban J connectivity index is 1.32. The highest BCUT2D eigenvalue weighted by Gasteiger charge is 2.07. The normalized spacial score (nSPS) is 11.0. The van der Waals surface area contributed by atoms with E-state index in [0.29, 0.717) is 0 Å². The van der Waals surface area contributed by atoms with Crippen molar-refractivity contribution in [3.63, 3.8) is 0 Å². The van der Waals surface area contributed by atoms with Crippen molar-refractivity contribution in [3.05, 3.63) is 84.4 Å². The van der Waals surface area contributed by atoms with Crippen molar-refractivity contribution in [3.8, 4) is 0 Å². The maximum Gasteiger partial charge on any atom is 0.261 e. The quantitative estimate of drug-likeness (QED) is 0.403. The second-order valence-corrected chi connectivity index (χ2v) is 6.14. The minimum absolute atomic E-state index is 0.0534. The van der Waals surface area contributed by atoms with Crippen molar-refractivity contribution in [2.24, 2.45) is 5.10 Å². The van der Waals surface area contributed by atoms with Crippen molar-refractivity contribution in [1.29, 1.82) is 0 Å². The molecule has 0 radical (unpaired) electrons. The van der Waals surface area contributed by atoms with Crippen LogP contribution in [0.3, 0.4) is 0 Å². The summed E-state index contributed by atoms with van der Waals surface area (Å²) in [7, 11) is 0. The third kappa shape index (κ3) is 4.21. The molecule has 138 valence electrons. The molecule has 0 fully saturated rings. The summed E-state index contributed by atoms with van der Waals surface area (Å²) in [5.74, 6) is -0.269. The number of fused-ring (bicyclic) bond motifs is 1. The van der Waals surface area contributed by atoms with Crippen LogP contribution in [0.5, 0.6) is 0 Å². The molecular weight excluding hydrogens is 352 g/mol. The first kappa shape index (κ1) is 17.4. The standard InChI is InChI=1S/C21H18N6O/c28-21(15-27-20-9-5-4-8-19(20)24-26-27)25-22-14-16-10-12-18(13-11-16)23-17-6-2-1-3-7-17/h1-14,23H,15H2,(H,25,28)/b22-14-. The van der Waals surface area contributed by atoms with E-state index in [2.05, 4.69) is 26.2 Å². The van der Waals surface area contributed by atoms with Crippen LogP contribution in [0.25, 0.3) is 11.0 Å². The zero-order chi connectivity index (χ0) is 19.2. The lowest BCUT2D eigenvalue weighted by Crippen LogP contribution is -2.23. The Kier molecular flexibility index (Phi) is 5.06. The lowest BCUT2D eigenvalue weighted by Gasteiger charge is -2.06. The molecule has 0 aliphatic carbocycles. The van der Waals surface area contributed by atoms with Gasteiger partial charge in [-0.05, 0) is 42.0 Å². The summed E-state index contributed by atoms with van der Waals surface area (Å²) in [6.45, 7) is 0.0534. The maximum absolute atomic E-state index is 12.1. The van der Waals surface area contributed by atoms with Crippen LogP contribution < -0.4 is 10.7 Å². The predicted octanol–water partition coefficient (Wildman–Crippen LogP) is 3.33. The molecule has 4 rings (SSSR count). The second-order valence-electron chi connectivity index (χ2n) is 6.14. The van der Waals surface area contributed by atoms with Gasteiger partial charge in [0.1, 0.15) is 12.1 Å². The highest BCUT2D eigenvalue weighted by atomic mass is 16.2. The Morgan fingerprint density at radius 2 is 1.64 bits per heavy atom. The number of anilines is 2. The molecule has 4 aromatic rings. The van der Waals surface area contributed by atoms with Gasteiger partial charge in [0.05, 0.1) is 11.7 Å². The molecule has 0 bridgehead atoms. The minimum Gasteiger partial charge on any atom is -0.356 e. The number of amides is 1. The van der Waals surface area contributed by atoms with E-state index in [9.17, 15) is 4.79 Å². The molecule has 0 aliphatic heterocycles. The zero-order valence-corrected chi connectivity index (χ0v) is 15.0. The third-order valence-corrected chi connectivity index (χ3v) is 4.09. The maximum atomic E-state index is 12.1. The Morgan fingerprint density at radius 1 is 0.929 bits per heavy atom. The van der Waals surface area contributed by atoms with Crippen molar-refractivity contribution in [2.75, 3.05) is 5.32 Å². The Morgan fingerprint density at radius 3 is 2.46 bits per heavy atom. The van der Waals surface area contributed by atoms with Crippen LogP contribution in [-0.2, 0) is 11.3 Å². The molecule has 0 spiro atoms. The van der Waals surface area contributed by atoms with E-state index in [0.717, 1.165) is 28.0 Å². The number of hydrogen-bond donors (Lipinski definition) is 2. The molecule has 0 atom stereocenters. The van der Waals surface area contributed by atoms with Crippen LogP contribution in [-0.4, -0.2) is 27.1 Å². The number of benzene rings is 3. The second kappa shape index (κ2) is 8.13. The van der Waals surface area contributed by atoms with Gasteiger partial charge < -0.3 is 5.32 Å². The van der Waals surface area contributed by atoms with Gasteiger partial charge in [0.15, 0.2) is 0 Å². The van der Waals surface area contributed by atoms with Crippen LogP contribution >= 0.6 is 0 Å². The van der Waals surface area contributed by atoms with E-state index in [1.165, 1.54) is 0 Å².